The van der Waals surface area contributed by atoms with E-state index in [0.717, 1.165) is 50.6 Å². The quantitative estimate of drug-likeness (QED) is 0.824. The number of likely N-dealkylation sites (tertiary alicyclic amines) is 1. The molecule has 0 bridgehead atoms. The number of nitrogens with zero attached hydrogens (tertiary/aromatic N) is 1. The van der Waals surface area contributed by atoms with Crippen LogP contribution in [0.2, 0.25) is 0 Å². The zero-order chi connectivity index (χ0) is 18.9. The fourth-order valence-electron chi connectivity index (χ4n) is 4.66. The van der Waals surface area contributed by atoms with E-state index in [0.29, 0.717) is 12.3 Å². The first-order valence-corrected chi connectivity index (χ1v) is 10.8. The summed E-state index contributed by atoms with van der Waals surface area (Å²) in [5.74, 6) is 2.87. The number of carbonyl (C=O) groups excluding carboxylic acids is 1. The van der Waals surface area contributed by atoms with E-state index in [1.807, 2.05) is 0 Å². The van der Waals surface area contributed by atoms with E-state index in [4.69, 9.17) is 4.74 Å². The highest BCUT2D eigenvalue weighted by Gasteiger charge is 2.44. The number of para-hydroxylation sites is 1. The minimum Gasteiger partial charge on any atom is -0.487 e. The average Bonchev–Trinajstić information content (AvgIpc) is 3.46. The Labute approximate surface area is 163 Å². The predicted molar refractivity (Wildman–Crippen MR) is 108 cm³/mol. The molecule has 1 aliphatic carbocycles. The van der Waals surface area contributed by atoms with Crippen LogP contribution in [0.25, 0.3) is 0 Å². The average molecular weight is 371 g/mol. The smallest absolute Gasteiger partial charge is 0.220 e. The molecular formula is C23H34N2O2. The highest BCUT2D eigenvalue weighted by atomic mass is 16.5. The van der Waals surface area contributed by atoms with E-state index in [9.17, 15) is 4.79 Å². The summed E-state index contributed by atoms with van der Waals surface area (Å²) in [6, 6.07) is 8.35. The summed E-state index contributed by atoms with van der Waals surface area (Å²) in [4.78, 5) is 15.1. The van der Waals surface area contributed by atoms with Crippen molar-refractivity contribution in [3.05, 3.63) is 29.8 Å². The summed E-state index contributed by atoms with van der Waals surface area (Å²) >= 11 is 0. The van der Waals surface area contributed by atoms with Gasteiger partial charge in [0, 0.05) is 38.5 Å². The highest BCUT2D eigenvalue weighted by Crippen LogP contribution is 2.46. The lowest BCUT2D eigenvalue weighted by molar-refractivity contribution is -0.122. The van der Waals surface area contributed by atoms with Gasteiger partial charge < -0.3 is 15.0 Å². The molecule has 0 aromatic heterocycles. The minimum absolute atomic E-state index is 0.0859. The van der Waals surface area contributed by atoms with Crippen LogP contribution in [0.5, 0.6) is 5.75 Å². The molecule has 1 saturated carbocycles. The number of benzene rings is 1. The number of nitrogens with one attached hydrogen (secondary N) is 1. The third-order valence-electron chi connectivity index (χ3n) is 6.42. The number of hydrogen-bond donors (Lipinski definition) is 1. The Morgan fingerprint density at radius 2 is 2.00 bits per heavy atom. The van der Waals surface area contributed by atoms with Crippen molar-refractivity contribution in [1.82, 2.24) is 10.2 Å². The summed E-state index contributed by atoms with van der Waals surface area (Å²) < 4.78 is 6.58. The van der Waals surface area contributed by atoms with Crippen LogP contribution in [0.1, 0.15) is 63.9 Å². The molecule has 1 unspecified atom stereocenters. The molecule has 1 amide bonds. The molecule has 27 heavy (non-hydrogen) atoms. The lowest BCUT2D eigenvalue weighted by Gasteiger charge is -2.47. The summed E-state index contributed by atoms with van der Waals surface area (Å²) in [5.41, 5.74) is 1.13. The van der Waals surface area contributed by atoms with Gasteiger partial charge in [-0.1, -0.05) is 32.0 Å². The van der Waals surface area contributed by atoms with Crippen LogP contribution < -0.4 is 10.1 Å². The number of piperidine rings is 1. The molecule has 1 atom stereocenters. The second kappa shape index (κ2) is 7.83. The molecule has 4 rings (SSSR count). The third-order valence-corrected chi connectivity index (χ3v) is 6.42. The summed E-state index contributed by atoms with van der Waals surface area (Å²) in [7, 11) is 0. The number of hydrogen-bond acceptors (Lipinski definition) is 3. The molecule has 3 aliphatic rings. The van der Waals surface area contributed by atoms with Gasteiger partial charge in [-0.05, 0) is 55.6 Å². The highest BCUT2D eigenvalue weighted by molar-refractivity contribution is 5.77. The van der Waals surface area contributed by atoms with Crippen molar-refractivity contribution in [2.45, 2.75) is 63.9 Å². The van der Waals surface area contributed by atoms with Crippen molar-refractivity contribution in [3.8, 4) is 5.75 Å². The molecule has 1 aromatic carbocycles. The van der Waals surface area contributed by atoms with E-state index in [1.54, 1.807) is 0 Å². The molecule has 1 spiro atoms. The maximum Gasteiger partial charge on any atom is 0.220 e. The third kappa shape index (κ3) is 4.66. The predicted octanol–water partition coefficient (Wildman–Crippen LogP) is 3.96. The Morgan fingerprint density at radius 3 is 2.70 bits per heavy atom. The van der Waals surface area contributed by atoms with Crippen LogP contribution in [0.3, 0.4) is 0 Å². The molecule has 4 heteroatoms. The monoisotopic (exact) mass is 370 g/mol. The Kier molecular flexibility index (Phi) is 5.45. The van der Waals surface area contributed by atoms with Gasteiger partial charge in [-0.25, -0.2) is 0 Å². The largest absolute Gasteiger partial charge is 0.487 e. The van der Waals surface area contributed by atoms with Crippen molar-refractivity contribution in [3.63, 3.8) is 0 Å². The van der Waals surface area contributed by atoms with Gasteiger partial charge in [0.2, 0.25) is 5.91 Å². The normalized spacial score (nSPS) is 24.5. The van der Waals surface area contributed by atoms with Gasteiger partial charge in [-0.2, -0.15) is 0 Å². The van der Waals surface area contributed by atoms with Gasteiger partial charge in [0.1, 0.15) is 11.4 Å². The van der Waals surface area contributed by atoms with Crippen LogP contribution in [0.4, 0.5) is 0 Å². The first-order chi connectivity index (χ1) is 13.0. The Bertz CT molecular complexity index is 660. The second-order valence-corrected chi connectivity index (χ2v) is 9.37. The SMILES string of the molecule is CC(C)CNC(=O)CC1CC2(CCN(CC3CC3)CC2)Oc2ccccc21. The van der Waals surface area contributed by atoms with E-state index in [1.165, 1.54) is 24.9 Å². The van der Waals surface area contributed by atoms with Gasteiger partial charge in [0.15, 0.2) is 0 Å². The van der Waals surface area contributed by atoms with Crippen molar-refractivity contribution in [1.29, 1.82) is 0 Å². The maximum atomic E-state index is 12.5. The number of rotatable bonds is 6. The van der Waals surface area contributed by atoms with E-state index < -0.39 is 0 Å². The van der Waals surface area contributed by atoms with Gasteiger partial charge in [-0.3, -0.25) is 4.79 Å². The molecule has 2 heterocycles. The lowest BCUT2D eigenvalue weighted by atomic mass is 9.76. The molecule has 1 N–H and O–H groups in total. The molecule has 0 radical (unpaired) electrons. The lowest BCUT2D eigenvalue weighted by Crippen LogP contribution is -2.51. The van der Waals surface area contributed by atoms with Crippen LogP contribution in [0.15, 0.2) is 24.3 Å². The van der Waals surface area contributed by atoms with Crippen LogP contribution in [-0.2, 0) is 4.79 Å². The minimum atomic E-state index is -0.0859. The Balaban J connectivity index is 1.44. The fraction of sp³-hybridized carbons (Fsp3) is 0.696. The van der Waals surface area contributed by atoms with Crippen LogP contribution >= 0.6 is 0 Å². The first-order valence-electron chi connectivity index (χ1n) is 10.8. The fourth-order valence-corrected chi connectivity index (χ4v) is 4.66. The molecular weight excluding hydrogens is 336 g/mol. The topological polar surface area (TPSA) is 41.6 Å². The number of ether oxygens (including phenoxy) is 1. The van der Waals surface area contributed by atoms with Crippen LogP contribution in [0, 0.1) is 11.8 Å². The Morgan fingerprint density at radius 1 is 1.26 bits per heavy atom. The van der Waals surface area contributed by atoms with Gasteiger partial charge >= 0.3 is 0 Å². The summed E-state index contributed by atoms with van der Waals surface area (Å²) in [6.45, 7) is 8.55. The molecule has 1 aromatic rings. The molecule has 1 saturated heterocycles. The molecule has 2 aliphatic heterocycles. The molecule has 4 nitrogen and oxygen atoms in total. The second-order valence-electron chi connectivity index (χ2n) is 9.37. The van der Waals surface area contributed by atoms with Crippen molar-refractivity contribution in [2.24, 2.45) is 11.8 Å². The maximum absolute atomic E-state index is 12.5. The summed E-state index contributed by atoms with van der Waals surface area (Å²) in [5, 5.41) is 3.10. The number of fused-ring (bicyclic) bond motifs is 1. The van der Waals surface area contributed by atoms with Crippen molar-refractivity contribution < 1.29 is 9.53 Å². The number of amides is 1. The van der Waals surface area contributed by atoms with Gasteiger partial charge in [0.25, 0.3) is 0 Å². The molecule has 2 fully saturated rings. The summed E-state index contributed by atoms with van der Waals surface area (Å²) in [6.07, 6.45) is 6.53. The van der Waals surface area contributed by atoms with Gasteiger partial charge in [0.05, 0.1) is 0 Å². The zero-order valence-corrected chi connectivity index (χ0v) is 16.9. The first kappa shape index (κ1) is 18.8. The van der Waals surface area contributed by atoms with E-state index in [-0.39, 0.29) is 17.4 Å². The Hall–Kier alpha value is -1.55. The van der Waals surface area contributed by atoms with Crippen molar-refractivity contribution in [2.75, 3.05) is 26.2 Å². The standard InChI is InChI=1S/C23H34N2O2/c1-17(2)15-24-22(26)13-19-14-23(27-21-6-4-3-5-20(19)21)9-11-25(12-10-23)16-18-7-8-18/h3-6,17-19H,7-16H2,1-2H3,(H,24,26). The van der Waals surface area contributed by atoms with E-state index >= 15 is 0 Å². The zero-order valence-electron chi connectivity index (χ0n) is 16.9. The molecule has 148 valence electrons. The van der Waals surface area contributed by atoms with Gasteiger partial charge in [-0.15, -0.1) is 0 Å². The number of carbonyl (C=O) groups is 1. The van der Waals surface area contributed by atoms with Crippen LogP contribution in [-0.4, -0.2) is 42.6 Å². The van der Waals surface area contributed by atoms with Crippen molar-refractivity contribution >= 4 is 5.91 Å². The van der Waals surface area contributed by atoms with E-state index in [2.05, 4.69) is 48.3 Å².